The second-order valence-electron chi connectivity index (χ2n) is 17.2. The molecule has 0 saturated carbocycles. The van der Waals surface area contributed by atoms with E-state index in [9.17, 15) is 38.7 Å². The van der Waals surface area contributed by atoms with Crippen LogP contribution in [0, 0.1) is 5.92 Å². The number of carboxylic acid groups (broad SMARTS) is 1. The van der Waals surface area contributed by atoms with Crippen molar-refractivity contribution >= 4 is 41.8 Å². The number of hydrogen-bond donors (Lipinski definition) is 7. The van der Waals surface area contributed by atoms with Gasteiger partial charge in [0.1, 0.15) is 35.4 Å². The second kappa shape index (κ2) is 23.8. The third-order valence-corrected chi connectivity index (χ3v) is 8.78. The Morgan fingerprint density at radius 1 is 0.617 bits per heavy atom. The normalized spacial score (nSPS) is 13.4. The molecular weight excluding hydrogens is 773 g/mol. The van der Waals surface area contributed by atoms with Crippen molar-refractivity contribution in [3.63, 3.8) is 0 Å². The summed E-state index contributed by atoms with van der Waals surface area (Å²) in [5.41, 5.74) is 1.77. The summed E-state index contributed by atoms with van der Waals surface area (Å²) in [6, 6.07) is 10.0. The summed E-state index contributed by atoms with van der Waals surface area (Å²) in [5, 5.41) is 25.0. The first-order valence-electron chi connectivity index (χ1n) is 20.6. The fraction of sp³-hybridized carbons (Fsp3) is 0.568. The molecule has 2 aromatic rings. The van der Waals surface area contributed by atoms with E-state index in [4.69, 9.17) is 9.47 Å². The van der Waals surface area contributed by atoms with Gasteiger partial charge in [0.15, 0.2) is 0 Å². The molecule has 0 aliphatic heterocycles. The van der Waals surface area contributed by atoms with Crippen LogP contribution in [0.5, 0.6) is 0 Å². The van der Waals surface area contributed by atoms with E-state index in [1.54, 1.807) is 79.7 Å². The van der Waals surface area contributed by atoms with Gasteiger partial charge >= 0.3 is 18.2 Å². The van der Waals surface area contributed by atoms with Crippen LogP contribution in [0.1, 0.15) is 117 Å². The first kappa shape index (κ1) is 50.5. The number of carboxylic acids is 1. The lowest BCUT2D eigenvalue weighted by molar-refractivity contribution is -0.142. The molecule has 16 heteroatoms. The number of alkyl carbamates (subject to hydrolysis) is 2. The van der Waals surface area contributed by atoms with Crippen LogP contribution in [0.15, 0.2) is 48.5 Å². The van der Waals surface area contributed by atoms with Crippen LogP contribution in [0.3, 0.4) is 0 Å². The summed E-state index contributed by atoms with van der Waals surface area (Å²) < 4.78 is 10.6. The first-order chi connectivity index (χ1) is 28.0. The Hall–Kier alpha value is -5.67. The van der Waals surface area contributed by atoms with Crippen LogP contribution in [-0.2, 0) is 35.1 Å². The van der Waals surface area contributed by atoms with E-state index in [-0.39, 0.29) is 43.8 Å². The molecule has 0 unspecified atom stereocenters. The van der Waals surface area contributed by atoms with Gasteiger partial charge in [-0.1, -0.05) is 63.6 Å². The van der Waals surface area contributed by atoms with Crippen molar-refractivity contribution in [2.75, 3.05) is 13.1 Å². The second-order valence-corrected chi connectivity index (χ2v) is 17.2. The van der Waals surface area contributed by atoms with Crippen LogP contribution in [0.4, 0.5) is 9.59 Å². The number of amides is 6. The van der Waals surface area contributed by atoms with Gasteiger partial charge < -0.3 is 46.5 Å². The van der Waals surface area contributed by atoms with Gasteiger partial charge in [-0.15, -0.1) is 0 Å². The minimum atomic E-state index is -1.36. The van der Waals surface area contributed by atoms with Gasteiger partial charge in [-0.2, -0.15) is 0 Å². The van der Waals surface area contributed by atoms with E-state index < -0.39 is 77.2 Å². The molecule has 16 nitrogen and oxygen atoms in total. The highest BCUT2D eigenvalue weighted by molar-refractivity contribution is 5.99. The summed E-state index contributed by atoms with van der Waals surface area (Å²) in [6.07, 6.45) is 1.57. The topological polar surface area (TPSA) is 230 Å². The lowest BCUT2D eigenvalue weighted by Crippen LogP contribution is -2.58. The molecule has 0 saturated heterocycles. The summed E-state index contributed by atoms with van der Waals surface area (Å²) in [7, 11) is 0. The highest BCUT2D eigenvalue weighted by atomic mass is 16.6. The Labute approximate surface area is 354 Å². The number of carbonyl (C=O) groups excluding carboxylic acids is 6. The quantitative estimate of drug-likeness (QED) is 0.0866. The number of carbonyl (C=O) groups is 7. The van der Waals surface area contributed by atoms with E-state index in [0.717, 1.165) is 30.4 Å². The van der Waals surface area contributed by atoms with E-state index >= 15 is 0 Å². The Balaban J connectivity index is 2.33. The van der Waals surface area contributed by atoms with Crippen molar-refractivity contribution in [2.24, 2.45) is 5.92 Å². The number of unbranched alkanes of at least 4 members (excludes halogenated alkanes) is 1. The molecule has 0 aliphatic carbocycles. The molecule has 0 aromatic heterocycles. The highest BCUT2D eigenvalue weighted by Gasteiger charge is 2.31. The number of nitrogens with one attached hydrogen (secondary N) is 6. The van der Waals surface area contributed by atoms with E-state index in [1.165, 1.54) is 12.5 Å². The van der Waals surface area contributed by atoms with Gasteiger partial charge in [-0.25, -0.2) is 14.4 Å². The molecular formula is C44H66N6O10. The maximum Gasteiger partial charge on any atom is 0.407 e. The number of benzene rings is 2. The number of ether oxygens (including phenoxy) is 2. The minimum absolute atomic E-state index is 0.0430. The largest absolute Gasteiger partial charge is 0.480 e. The van der Waals surface area contributed by atoms with Gasteiger partial charge in [0.25, 0.3) is 5.91 Å². The Morgan fingerprint density at radius 2 is 1.07 bits per heavy atom. The van der Waals surface area contributed by atoms with Gasteiger partial charge in [0.05, 0.1) is 0 Å². The third-order valence-electron chi connectivity index (χ3n) is 8.78. The zero-order valence-corrected chi connectivity index (χ0v) is 36.8. The zero-order valence-electron chi connectivity index (χ0n) is 36.8. The molecule has 0 spiro atoms. The van der Waals surface area contributed by atoms with Gasteiger partial charge in [0.2, 0.25) is 17.7 Å². The lowest BCUT2D eigenvalue weighted by Gasteiger charge is -2.26. The molecule has 60 heavy (non-hydrogen) atoms. The average molecular weight is 839 g/mol. The van der Waals surface area contributed by atoms with Crippen molar-refractivity contribution in [1.82, 2.24) is 31.9 Å². The average Bonchev–Trinajstić information content (AvgIpc) is 3.14. The summed E-state index contributed by atoms with van der Waals surface area (Å²) >= 11 is 0. The Kier molecular flexibility index (Phi) is 20.0. The van der Waals surface area contributed by atoms with Crippen molar-refractivity contribution in [3.05, 3.63) is 59.7 Å². The van der Waals surface area contributed by atoms with E-state index in [0.29, 0.717) is 0 Å². The SMILES string of the molecule is CCCCc1ccc(-c2ccc(C(=O)N[C@@H](CCNC(=O)OC(C)(C)C)C(=O)N[C@@H](CCNC(=O)OC(C)(C)C)C(=O)N[C@@H](C)C(=O)N[C@@H](CC(C)C)C(=O)O)cc2)cc1. The maximum absolute atomic E-state index is 14.0. The highest BCUT2D eigenvalue weighted by Crippen LogP contribution is 2.21. The molecule has 2 aromatic carbocycles. The summed E-state index contributed by atoms with van der Waals surface area (Å²) in [4.78, 5) is 90.8. The van der Waals surface area contributed by atoms with E-state index in [1.807, 2.05) is 12.1 Å². The predicted molar refractivity (Wildman–Crippen MR) is 228 cm³/mol. The van der Waals surface area contributed by atoms with Gasteiger partial charge in [0, 0.05) is 18.7 Å². The van der Waals surface area contributed by atoms with Crippen LogP contribution in [-0.4, -0.2) is 95.4 Å². The fourth-order valence-corrected chi connectivity index (χ4v) is 5.74. The maximum atomic E-state index is 14.0. The number of aryl methyl sites for hydroxylation is 1. The van der Waals surface area contributed by atoms with E-state index in [2.05, 4.69) is 51.0 Å². The van der Waals surface area contributed by atoms with Crippen molar-refractivity contribution in [3.8, 4) is 11.1 Å². The molecule has 6 amide bonds. The van der Waals surface area contributed by atoms with Crippen LogP contribution in [0.25, 0.3) is 11.1 Å². The summed E-state index contributed by atoms with van der Waals surface area (Å²) in [6.45, 7) is 17.0. The zero-order chi connectivity index (χ0) is 45.2. The van der Waals surface area contributed by atoms with Crippen molar-refractivity contribution < 1.29 is 48.1 Å². The predicted octanol–water partition coefficient (Wildman–Crippen LogP) is 5.23. The minimum Gasteiger partial charge on any atom is -0.480 e. The lowest BCUT2D eigenvalue weighted by atomic mass is 10.0. The molecule has 4 atom stereocenters. The Morgan fingerprint density at radius 3 is 1.52 bits per heavy atom. The molecule has 0 radical (unpaired) electrons. The van der Waals surface area contributed by atoms with Gasteiger partial charge in [-0.3, -0.25) is 19.2 Å². The smallest absolute Gasteiger partial charge is 0.407 e. The number of hydrogen-bond acceptors (Lipinski definition) is 9. The molecule has 0 bridgehead atoms. The molecule has 2 rings (SSSR count). The third kappa shape index (κ3) is 19.4. The number of rotatable bonds is 21. The standard InChI is InChI=1S/C44H66N6O10/c1-11-12-13-29-14-16-30(17-15-29)31-18-20-32(21-19-31)37(52)48-34(23-25-46-42(58)60-44(8,9)10)39(54)49-33(22-24-45-41(57)59-43(5,6)7)38(53)47-28(4)36(51)50-35(40(55)56)26-27(2)3/h14-21,27-28,33-35H,11-13,22-26H2,1-10H3,(H,45,57)(H,46,58)(H,47,53)(H,48,52)(H,49,54)(H,50,51)(H,55,56)/t28-,33-,34-,35-/m0/s1. The van der Waals surface area contributed by atoms with Gasteiger partial charge in [-0.05, 0) is 115 Å². The Bertz CT molecular complexity index is 1750. The molecule has 0 heterocycles. The van der Waals surface area contributed by atoms with Crippen LogP contribution >= 0.6 is 0 Å². The summed E-state index contributed by atoms with van der Waals surface area (Å²) in [5.74, 6) is -4.25. The monoisotopic (exact) mass is 838 g/mol. The van der Waals surface area contributed by atoms with Crippen LogP contribution in [0.2, 0.25) is 0 Å². The van der Waals surface area contributed by atoms with Crippen LogP contribution < -0.4 is 31.9 Å². The first-order valence-corrected chi connectivity index (χ1v) is 20.6. The molecule has 0 aliphatic rings. The fourth-order valence-electron chi connectivity index (χ4n) is 5.74. The van der Waals surface area contributed by atoms with Crippen molar-refractivity contribution in [2.45, 2.75) is 143 Å². The molecule has 7 N–H and O–H groups in total. The number of aliphatic carboxylic acids is 1. The van der Waals surface area contributed by atoms with Crippen molar-refractivity contribution in [1.29, 1.82) is 0 Å². The molecule has 332 valence electrons. The molecule has 0 fully saturated rings.